The number of ether oxygens (including phenoxy) is 2. The minimum atomic E-state index is -3.09. The molecule has 1 aliphatic heterocycles. The number of aliphatic imine (C=N–C) groups is 1. The van der Waals surface area contributed by atoms with Gasteiger partial charge in [0.2, 0.25) is 0 Å². The maximum Gasteiger partial charge on any atom is 0.153 e. The fourth-order valence-corrected chi connectivity index (χ4v) is 5.14. The molecule has 0 amide bonds. The van der Waals surface area contributed by atoms with Crippen molar-refractivity contribution < 1.29 is 17.9 Å². The number of hydrogen-bond acceptors (Lipinski definition) is 8. The van der Waals surface area contributed by atoms with Crippen LogP contribution in [0.5, 0.6) is 5.75 Å². The van der Waals surface area contributed by atoms with E-state index in [0.717, 1.165) is 22.9 Å². The third-order valence-corrected chi connectivity index (χ3v) is 8.44. The predicted octanol–water partition coefficient (Wildman–Crippen LogP) is 2.43. The molecule has 0 unspecified atom stereocenters. The summed E-state index contributed by atoms with van der Waals surface area (Å²) in [5.41, 5.74) is 3.79. The Balaban J connectivity index is 1.46. The summed E-state index contributed by atoms with van der Waals surface area (Å²) in [4.78, 5) is 8.99. The number of sulfone groups is 1. The molecule has 4 rings (SSSR count). The number of fused-ring (bicyclic) bond motifs is 3. The second-order valence-electron chi connectivity index (χ2n) is 8.62. The van der Waals surface area contributed by atoms with Crippen LogP contribution < -0.4 is 10.6 Å². The number of hydrogen-bond donors (Lipinski definition) is 1. The largest absolute Gasteiger partial charge is 0.484 e. The quantitative estimate of drug-likeness (QED) is 0.416. The molecule has 2 aliphatic rings. The van der Waals surface area contributed by atoms with Gasteiger partial charge in [0.15, 0.2) is 9.84 Å². The molecule has 31 heavy (non-hydrogen) atoms. The van der Waals surface area contributed by atoms with E-state index in [2.05, 4.69) is 15.1 Å². The third kappa shape index (κ3) is 4.29. The highest BCUT2D eigenvalue weighted by molar-refractivity contribution is 7.92. The molecular formula is C22H28N4O4S. The summed E-state index contributed by atoms with van der Waals surface area (Å²) >= 11 is 0. The van der Waals surface area contributed by atoms with Crippen molar-refractivity contribution in [3.63, 3.8) is 0 Å². The van der Waals surface area contributed by atoms with Gasteiger partial charge in [-0.05, 0) is 62.4 Å². The van der Waals surface area contributed by atoms with Crippen LogP contribution in [0.25, 0.3) is 10.9 Å². The van der Waals surface area contributed by atoms with E-state index in [1.165, 1.54) is 11.8 Å². The fourth-order valence-electron chi connectivity index (χ4n) is 4.15. The summed E-state index contributed by atoms with van der Waals surface area (Å²) in [5.74, 6) is 6.27. The fraction of sp³-hybridized carbons (Fsp3) is 0.500. The van der Waals surface area contributed by atoms with Gasteiger partial charge in [0.25, 0.3) is 0 Å². The summed E-state index contributed by atoms with van der Waals surface area (Å²) in [6.45, 7) is 4.90. The lowest BCUT2D eigenvalue weighted by Crippen LogP contribution is -2.49. The van der Waals surface area contributed by atoms with Crippen LogP contribution in [0.2, 0.25) is 0 Å². The maximum atomic E-state index is 11.8. The molecular weight excluding hydrogens is 416 g/mol. The molecule has 0 saturated heterocycles. The molecule has 1 atom stereocenters. The second-order valence-corrected chi connectivity index (χ2v) is 11.1. The van der Waals surface area contributed by atoms with E-state index in [4.69, 9.17) is 15.3 Å². The zero-order valence-corrected chi connectivity index (χ0v) is 18.9. The van der Waals surface area contributed by atoms with Crippen molar-refractivity contribution in [3.05, 3.63) is 35.5 Å². The van der Waals surface area contributed by atoms with Gasteiger partial charge in [0.1, 0.15) is 17.6 Å². The number of nitrogens with two attached hydrogens (primary N) is 1. The molecule has 1 fully saturated rings. The Kier molecular flexibility index (Phi) is 5.74. The molecule has 2 heterocycles. The summed E-state index contributed by atoms with van der Waals surface area (Å²) in [7, 11) is -3.09. The average molecular weight is 445 g/mol. The predicted molar refractivity (Wildman–Crippen MR) is 122 cm³/mol. The third-order valence-electron chi connectivity index (χ3n) is 6.32. The molecule has 1 saturated carbocycles. The first kappa shape index (κ1) is 21.7. The molecule has 0 radical (unpaired) electrons. The minimum Gasteiger partial charge on any atom is -0.484 e. The van der Waals surface area contributed by atoms with Crippen LogP contribution in [-0.2, 0) is 27.6 Å². The van der Waals surface area contributed by atoms with Crippen molar-refractivity contribution in [1.29, 1.82) is 0 Å². The highest BCUT2D eigenvalue weighted by Gasteiger charge is 2.47. The lowest BCUT2D eigenvalue weighted by Gasteiger charge is -2.41. The number of aromatic nitrogens is 1. The van der Waals surface area contributed by atoms with E-state index in [0.29, 0.717) is 37.5 Å². The van der Waals surface area contributed by atoms with Crippen LogP contribution in [0.4, 0.5) is 0 Å². The number of benzene rings is 1. The number of rotatable bonds is 6. The molecule has 2 aromatic rings. The molecule has 0 bridgehead atoms. The van der Waals surface area contributed by atoms with Crippen molar-refractivity contribution in [2.75, 3.05) is 12.9 Å². The Labute approximate surface area is 182 Å². The van der Waals surface area contributed by atoms with Gasteiger partial charge >= 0.3 is 0 Å². The first-order valence-corrected chi connectivity index (χ1v) is 12.2. The normalized spacial score (nSPS) is 25.3. The smallest absolute Gasteiger partial charge is 0.153 e. The van der Waals surface area contributed by atoms with Crippen LogP contribution >= 0.6 is 0 Å². The number of pyridine rings is 1. The van der Waals surface area contributed by atoms with Crippen LogP contribution in [0.15, 0.2) is 34.5 Å². The number of nitrogens with zero attached hydrogens (tertiary/aromatic N) is 3. The highest BCUT2D eigenvalue weighted by Crippen LogP contribution is 2.40. The van der Waals surface area contributed by atoms with Crippen LogP contribution in [0.1, 0.15) is 37.8 Å². The molecule has 166 valence electrons. The van der Waals surface area contributed by atoms with Crippen molar-refractivity contribution >= 4 is 32.7 Å². The minimum absolute atomic E-state index is 0.0517. The van der Waals surface area contributed by atoms with Gasteiger partial charge in [-0.3, -0.25) is 9.98 Å². The Morgan fingerprint density at radius 3 is 2.90 bits per heavy atom. The van der Waals surface area contributed by atoms with Gasteiger partial charge in [-0.1, -0.05) is 0 Å². The summed E-state index contributed by atoms with van der Waals surface area (Å²) in [6, 6.07) is 5.77. The molecule has 1 aromatic heterocycles. The van der Waals surface area contributed by atoms with Gasteiger partial charge < -0.3 is 15.3 Å². The Hall–Kier alpha value is -2.52. The highest BCUT2D eigenvalue weighted by atomic mass is 32.2. The van der Waals surface area contributed by atoms with Crippen LogP contribution in [0.3, 0.4) is 0 Å². The maximum absolute atomic E-state index is 11.8. The number of hydrazone groups is 1. The van der Waals surface area contributed by atoms with Crippen LogP contribution in [0, 0.1) is 0 Å². The summed E-state index contributed by atoms with van der Waals surface area (Å²) in [5, 5.41) is 4.90. The standard InChI is InChI=1S/C22H28N4O4S/c1-14(21(26-23)12-24-16-9-22(2,10-16)31(3,27)28)30-17-4-5-20-19(8-17)18-6-7-29-13-15(18)11-25-20/h4-5,8,11-12,14,16H,6-7,9-10,13,23H2,1-3H3/b24-12?,26-21+/t14-,16?,22?/m1/s1. The van der Waals surface area contributed by atoms with Gasteiger partial charge in [-0.15, -0.1) is 0 Å². The Morgan fingerprint density at radius 2 is 2.19 bits per heavy atom. The average Bonchev–Trinajstić information content (AvgIpc) is 2.71. The topological polar surface area (TPSA) is 116 Å². The van der Waals surface area contributed by atoms with Crippen molar-refractivity contribution in [2.24, 2.45) is 15.9 Å². The SMILES string of the molecule is C[C@@H](Oc1ccc2ncc3c(c2c1)CCOC3)/C(C=NC1CC(C)(S(C)(=O)=O)C1)=N/N. The molecule has 1 aromatic carbocycles. The van der Waals surface area contributed by atoms with E-state index >= 15 is 0 Å². The molecule has 1 aliphatic carbocycles. The first-order valence-electron chi connectivity index (χ1n) is 10.4. The molecule has 9 heteroatoms. The van der Waals surface area contributed by atoms with Gasteiger partial charge in [-0.2, -0.15) is 5.10 Å². The summed E-state index contributed by atoms with van der Waals surface area (Å²) < 4.78 is 34.6. The van der Waals surface area contributed by atoms with E-state index in [1.807, 2.05) is 31.3 Å². The zero-order chi connectivity index (χ0) is 22.2. The van der Waals surface area contributed by atoms with E-state index in [9.17, 15) is 8.42 Å². The lowest BCUT2D eigenvalue weighted by molar-refractivity contribution is 0.111. The second kappa shape index (κ2) is 8.20. The van der Waals surface area contributed by atoms with Crippen molar-refractivity contribution in [1.82, 2.24) is 4.98 Å². The van der Waals surface area contributed by atoms with Crippen molar-refractivity contribution in [3.8, 4) is 5.75 Å². The molecule has 0 spiro atoms. The van der Waals surface area contributed by atoms with Gasteiger partial charge in [-0.25, -0.2) is 8.42 Å². The van der Waals surface area contributed by atoms with Gasteiger partial charge in [0, 0.05) is 24.1 Å². The summed E-state index contributed by atoms with van der Waals surface area (Å²) in [6.07, 6.45) is 6.19. The van der Waals surface area contributed by atoms with Crippen molar-refractivity contribution in [2.45, 2.75) is 56.6 Å². The Morgan fingerprint density at radius 1 is 1.42 bits per heavy atom. The van der Waals surface area contributed by atoms with E-state index in [-0.39, 0.29) is 6.04 Å². The van der Waals surface area contributed by atoms with E-state index in [1.54, 1.807) is 13.1 Å². The Bertz CT molecular complexity index is 1150. The molecule has 8 nitrogen and oxygen atoms in total. The zero-order valence-electron chi connectivity index (χ0n) is 18.0. The first-order chi connectivity index (χ1) is 14.7. The van der Waals surface area contributed by atoms with Crippen LogP contribution in [-0.4, -0.2) is 55.1 Å². The van der Waals surface area contributed by atoms with Gasteiger partial charge in [0.05, 0.1) is 29.5 Å². The molecule has 2 N–H and O–H groups in total. The monoisotopic (exact) mass is 444 g/mol. The van der Waals surface area contributed by atoms with E-state index < -0.39 is 20.7 Å². The lowest BCUT2D eigenvalue weighted by atomic mass is 9.81.